The summed E-state index contributed by atoms with van der Waals surface area (Å²) in [5.74, 6) is -1.00. The molecule has 0 unspecified atom stereocenters. The number of likely N-dealkylation sites (N-methyl/N-ethyl adjacent to an activating group) is 1. The fraction of sp³-hybridized carbons (Fsp3) is 0.533. The van der Waals surface area contributed by atoms with Crippen LogP contribution in [0.1, 0.15) is 36.2 Å². The summed E-state index contributed by atoms with van der Waals surface area (Å²) in [6.07, 6.45) is 1.14. The molecule has 0 saturated heterocycles. The minimum atomic E-state index is -0.610. The monoisotopic (exact) mass is 281 g/mol. The zero-order chi connectivity index (χ0) is 15.0. The van der Waals surface area contributed by atoms with Gasteiger partial charge >= 0.3 is 0 Å². The topological polar surface area (TPSA) is 58.4 Å². The smallest absolute Gasteiger partial charge is 0.248 e. The number of carbonyl (C=O) groups excluding carboxylic acids is 1. The van der Waals surface area contributed by atoms with E-state index in [2.05, 4.69) is 24.1 Å². The molecule has 1 aromatic carbocycles. The third kappa shape index (κ3) is 5.27. The zero-order valence-electron chi connectivity index (χ0n) is 12.3. The largest absolute Gasteiger partial charge is 0.366 e. The molecular formula is C15H24FN3O. The molecule has 112 valence electrons. The zero-order valence-corrected chi connectivity index (χ0v) is 12.3. The summed E-state index contributed by atoms with van der Waals surface area (Å²) in [4.78, 5) is 13.3. The van der Waals surface area contributed by atoms with Gasteiger partial charge in [-0.1, -0.05) is 19.9 Å². The van der Waals surface area contributed by atoms with E-state index >= 15 is 0 Å². The van der Waals surface area contributed by atoms with Crippen LogP contribution in [0.25, 0.3) is 0 Å². The van der Waals surface area contributed by atoms with Gasteiger partial charge in [0.1, 0.15) is 5.82 Å². The fourth-order valence-electron chi connectivity index (χ4n) is 2.05. The quantitative estimate of drug-likeness (QED) is 0.678. The molecule has 0 aliphatic heterocycles. The molecule has 1 aromatic rings. The first-order valence-corrected chi connectivity index (χ1v) is 7.09. The molecule has 0 spiro atoms. The van der Waals surface area contributed by atoms with Gasteiger partial charge in [-0.25, -0.2) is 4.39 Å². The van der Waals surface area contributed by atoms with Crippen molar-refractivity contribution in [3.63, 3.8) is 0 Å². The molecule has 0 atom stereocenters. The van der Waals surface area contributed by atoms with Crippen LogP contribution >= 0.6 is 0 Å². The third-order valence-corrected chi connectivity index (χ3v) is 3.24. The maximum absolute atomic E-state index is 13.7. The number of hydrogen-bond acceptors (Lipinski definition) is 3. The van der Waals surface area contributed by atoms with E-state index in [0.29, 0.717) is 12.1 Å². The number of rotatable bonds is 9. The summed E-state index contributed by atoms with van der Waals surface area (Å²) in [5.41, 5.74) is 5.85. The summed E-state index contributed by atoms with van der Waals surface area (Å²) in [6, 6.07) is 4.35. The van der Waals surface area contributed by atoms with E-state index in [9.17, 15) is 9.18 Å². The van der Waals surface area contributed by atoms with Crippen LogP contribution in [0.3, 0.4) is 0 Å². The number of benzene rings is 1. The van der Waals surface area contributed by atoms with Crippen LogP contribution in [0.15, 0.2) is 18.2 Å². The second-order valence-electron chi connectivity index (χ2n) is 4.78. The van der Waals surface area contributed by atoms with Crippen molar-refractivity contribution in [2.45, 2.75) is 26.8 Å². The molecule has 3 N–H and O–H groups in total. The Kier molecular flexibility index (Phi) is 7.18. The fourth-order valence-corrected chi connectivity index (χ4v) is 2.05. The summed E-state index contributed by atoms with van der Waals surface area (Å²) in [6.45, 7) is 8.62. The molecule has 0 saturated carbocycles. The van der Waals surface area contributed by atoms with Gasteiger partial charge in [0.2, 0.25) is 5.91 Å². The number of nitrogens with two attached hydrogens (primary N) is 1. The maximum atomic E-state index is 13.7. The van der Waals surface area contributed by atoms with Gasteiger partial charge in [0.05, 0.1) is 0 Å². The Morgan fingerprint density at radius 3 is 2.65 bits per heavy atom. The number of halogens is 1. The van der Waals surface area contributed by atoms with Crippen LogP contribution < -0.4 is 11.1 Å². The highest BCUT2D eigenvalue weighted by Gasteiger charge is 2.07. The van der Waals surface area contributed by atoms with Crippen molar-refractivity contribution in [2.75, 3.05) is 26.2 Å². The number of nitrogens with one attached hydrogen (secondary N) is 1. The standard InChI is InChI=1S/C15H24FN3O/c1-3-8-19(4-2)9-7-18-11-13-6-5-12(15(17)20)10-14(13)16/h5-6,10,18H,3-4,7-9,11H2,1-2H3,(H2,17,20). The first-order valence-electron chi connectivity index (χ1n) is 7.09. The summed E-state index contributed by atoms with van der Waals surface area (Å²) in [5, 5.41) is 3.22. The molecule has 0 heterocycles. The van der Waals surface area contributed by atoms with Gasteiger partial charge in [0, 0.05) is 30.8 Å². The average Bonchev–Trinajstić information content (AvgIpc) is 2.43. The highest BCUT2D eigenvalue weighted by atomic mass is 19.1. The van der Waals surface area contributed by atoms with E-state index in [4.69, 9.17) is 5.73 Å². The van der Waals surface area contributed by atoms with Gasteiger partial charge in [-0.15, -0.1) is 0 Å². The first kappa shape index (κ1) is 16.6. The van der Waals surface area contributed by atoms with Crippen LogP contribution in [0.4, 0.5) is 4.39 Å². The van der Waals surface area contributed by atoms with Crippen LogP contribution in [0, 0.1) is 5.82 Å². The molecular weight excluding hydrogens is 257 g/mol. The Bertz CT molecular complexity index is 437. The van der Waals surface area contributed by atoms with Crippen LogP contribution in [0.2, 0.25) is 0 Å². The van der Waals surface area contributed by atoms with E-state index in [1.165, 1.54) is 6.07 Å². The van der Waals surface area contributed by atoms with Crippen molar-refractivity contribution in [2.24, 2.45) is 5.73 Å². The minimum absolute atomic E-state index is 0.200. The molecule has 1 rings (SSSR count). The number of primary amides is 1. The summed E-state index contributed by atoms with van der Waals surface area (Å²) < 4.78 is 13.7. The van der Waals surface area contributed by atoms with Crippen molar-refractivity contribution in [3.05, 3.63) is 35.1 Å². The van der Waals surface area contributed by atoms with Crippen LogP contribution in [-0.4, -0.2) is 37.0 Å². The van der Waals surface area contributed by atoms with Gasteiger partial charge in [-0.2, -0.15) is 0 Å². The van der Waals surface area contributed by atoms with E-state index in [1.54, 1.807) is 12.1 Å². The third-order valence-electron chi connectivity index (χ3n) is 3.24. The highest BCUT2D eigenvalue weighted by Crippen LogP contribution is 2.09. The van der Waals surface area contributed by atoms with Crippen molar-refractivity contribution in [1.29, 1.82) is 0 Å². The molecule has 4 nitrogen and oxygen atoms in total. The molecule has 0 aliphatic rings. The van der Waals surface area contributed by atoms with Crippen molar-refractivity contribution >= 4 is 5.91 Å². The number of amides is 1. The Hall–Kier alpha value is -1.46. The molecule has 0 aromatic heterocycles. The maximum Gasteiger partial charge on any atom is 0.248 e. The van der Waals surface area contributed by atoms with E-state index in [1.807, 2.05) is 0 Å². The molecule has 0 fully saturated rings. The number of carbonyl (C=O) groups is 1. The Labute approximate surface area is 120 Å². The lowest BCUT2D eigenvalue weighted by atomic mass is 10.1. The van der Waals surface area contributed by atoms with Crippen LogP contribution in [0.5, 0.6) is 0 Å². The molecule has 0 bridgehead atoms. The molecule has 0 radical (unpaired) electrons. The lowest BCUT2D eigenvalue weighted by molar-refractivity contribution is 0.1000. The second-order valence-corrected chi connectivity index (χ2v) is 4.78. The average molecular weight is 281 g/mol. The first-order chi connectivity index (χ1) is 9.58. The number of nitrogens with zero attached hydrogens (tertiary/aromatic N) is 1. The second kappa shape index (κ2) is 8.66. The number of hydrogen-bond donors (Lipinski definition) is 2. The van der Waals surface area contributed by atoms with Crippen molar-refractivity contribution in [3.8, 4) is 0 Å². The van der Waals surface area contributed by atoms with Gasteiger partial charge in [0.15, 0.2) is 0 Å². The van der Waals surface area contributed by atoms with Gasteiger partial charge in [0.25, 0.3) is 0 Å². The molecule has 1 amide bonds. The molecule has 5 heteroatoms. The Morgan fingerprint density at radius 1 is 1.35 bits per heavy atom. The minimum Gasteiger partial charge on any atom is -0.366 e. The van der Waals surface area contributed by atoms with Gasteiger partial charge in [-0.05, 0) is 31.6 Å². The van der Waals surface area contributed by atoms with Gasteiger partial charge < -0.3 is 16.0 Å². The molecule has 20 heavy (non-hydrogen) atoms. The summed E-state index contributed by atoms with van der Waals surface area (Å²) in [7, 11) is 0. The summed E-state index contributed by atoms with van der Waals surface area (Å²) >= 11 is 0. The van der Waals surface area contributed by atoms with E-state index in [-0.39, 0.29) is 5.56 Å². The van der Waals surface area contributed by atoms with E-state index in [0.717, 1.165) is 32.6 Å². The van der Waals surface area contributed by atoms with Crippen molar-refractivity contribution in [1.82, 2.24) is 10.2 Å². The Morgan fingerprint density at radius 2 is 2.10 bits per heavy atom. The van der Waals surface area contributed by atoms with Crippen molar-refractivity contribution < 1.29 is 9.18 Å². The normalized spacial score (nSPS) is 11.0. The lowest BCUT2D eigenvalue weighted by Crippen LogP contribution is -2.32. The Balaban J connectivity index is 2.40. The predicted octanol–water partition coefficient (Wildman–Crippen LogP) is 1.75. The highest BCUT2D eigenvalue weighted by molar-refractivity contribution is 5.92. The predicted molar refractivity (Wildman–Crippen MR) is 79.0 cm³/mol. The van der Waals surface area contributed by atoms with E-state index < -0.39 is 11.7 Å². The lowest BCUT2D eigenvalue weighted by Gasteiger charge is -2.19. The van der Waals surface area contributed by atoms with Gasteiger partial charge in [-0.3, -0.25) is 4.79 Å². The SMILES string of the molecule is CCCN(CC)CCNCc1ccc(C(N)=O)cc1F. The molecule has 0 aliphatic carbocycles. The van der Waals surface area contributed by atoms with Crippen LogP contribution in [-0.2, 0) is 6.54 Å².